The summed E-state index contributed by atoms with van der Waals surface area (Å²) >= 11 is 0. The molecule has 0 aliphatic rings. The Bertz CT molecular complexity index is 395. The number of amides is 1. The molecule has 1 amide bonds. The second-order valence-corrected chi connectivity index (χ2v) is 4.82. The lowest BCUT2D eigenvalue weighted by atomic mass is 9.99. The maximum Gasteiger partial charge on any atom is 0.408 e. The van der Waals surface area contributed by atoms with Gasteiger partial charge in [-0.1, -0.05) is 30.3 Å². The molecular weight excluding hydrogens is 218 g/mol. The van der Waals surface area contributed by atoms with Crippen LogP contribution in [0, 0.1) is 0 Å². The smallest absolute Gasteiger partial charge is 0.408 e. The Kier molecular flexibility index (Phi) is 3.89. The van der Waals surface area contributed by atoms with Crippen molar-refractivity contribution in [2.75, 3.05) is 0 Å². The van der Waals surface area contributed by atoms with Crippen LogP contribution in [0.25, 0.3) is 0 Å². The van der Waals surface area contributed by atoms with Crippen LogP contribution in [-0.2, 0) is 4.79 Å². The zero-order valence-corrected chi connectivity index (χ0v) is 10.3. The van der Waals surface area contributed by atoms with Crippen LogP contribution in [0.4, 0.5) is 4.79 Å². The second kappa shape index (κ2) is 4.99. The first-order valence-electron chi connectivity index (χ1n) is 5.40. The van der Waals surface area contributed by atoms with Crippen molar-refractivity contribution in [2.45, 2.75) is 32.4 Å². The fourth-order valence-electron chi connectivity index (χ4n) is 1.76. The normalized spacial score (nSPS) is 12.9. The molecule has 1 atom stereocenters. The van der Waals surface area contributed by atoms with Crippen LogP contribution in [0.15, 0.2) is 30.3 Å². The summed E-state index contributed by atoms with van der Waals surface area (Å²) in [4.78, 5) is 23.6. The van der Waals surface area contributed by atoms with E-state index in [0.29, 0.717) is 11.8 Å². The lowest BCUT2D eigenvalue weighted by molar-refractivity contribution is -0.113. The van der Waals surface area contributed by atoms with Crippen LogP contribution in [0.3, 0.4) is 0 Å². The van der Waals surface area contributed by atoms with E-state index < -0.39 is 17.7 Å². The predicted octanol–water partition coefficient (Wildman–Crippen LogP) is 2.71. The molecule has 92 valence electrons. The summed E-state index contributed by atoms with van der Waals surface area (Å²) in [6.07, 6.45) is -0.437. The van der Waals surface area contributed by atoms with E-state index in [4.69, 9.17) is 0 Å². The lowest BCUT2D eigenvalue weighted by Crippen LogP contribution is -2.47. The van der Waals surface area contributed by atoms with Crippen molar-refractivity contribution in [3.05, 3.63) is 35.9 Å². The topological polar surface area (TPSA) is 57.6 Å². The van der Waals surface area contributed by atoms with E-state index in [9.17, 15) is 14.7 Å². The molecule has 0 aliphatic heterocycles. The third-order valence-corrected chi connectivity index (χ3v) is 2.48. The quantitative estimate of drug-likeness (QED) is 0.819. The van der Waals surface area contributed by atoms with Crippen molar-refractivity contribution in [1.82, 2.24) is 4.90 Å². The van der Waals surface area contributed by atoms with E-state index in [0.717, 1.165) is 4.90 Å². The first kappa shape index (κ1) is 13.2. The van der Waals surface area contributed by atoms with E-state index in [1.54, 1.807) is 45.0 Å². The van der Waals surface area contributed by atoms with Gasteiger partial charge in [0.2, 0.25) is 0 Å². The van der Waals surface area contributed by atoms with Gasteiger partial charge >= 0.3 is 6.09 Å². The molecule has 0 spiro atoms. The van der Waals surface area contributed by atoms with Crippen molar-refractivity contribution in [2.24, 2.45) is 0 Å². The maximum atomic E-state index is 11.3. The molecule has 1 N–H and O–H groups in total. The van der Waals surface area contributed by atoms with Crippen LogP contribution in [-0.4, -0.2) is 27.9 Å². The zero-order valence-electron chi connectivity index (χ0n) is 10.3. The Morgan fingerprint density at radius 1 is 1.29 bits per heavy atom. The van der Waals surface area contributed by atoms with Crippen LogP contribution < -0.4 is 0 Å². The van der Waals surface area contributed by atoms with Crippen molar-refractivity contribution >= 4 is 12.4 Å². The average Bonchev–Trinajstić information content (AvgIpc) is 2.24. The molecule has 4 heteroatoms. The van der Waals surface area contributed by atoms with Gasteiger partial charge in [0.1, 0.15) is 12.3 Å². The van der Waals surface area contributed by atoms with Gasteiger partial charge in [-0.25, -0.2) is 4.79 Å². The van der Waals surface area contributed by atoms with E-state index in [1.807, 2.05) is 6.07 Å². The van der Waals surface area contributed by atoms with Crippen molar-refractivity contribution in [1.29, 1.82) is 0 Å². The summed E-state index contributed by atoms with van der Waals surface area (Å²) in [6, 6.07) is 8.13. The van der Waals surface area contributed by atoms with E-state index >= 15 is 0 Å². The standard InChI is InChI=1S/C13H17NO3/c1-13(2,3)14(12(16)17)11(9-15)10-7-5-4-6-8-10/h4-9,11H,1-3H3,(H,16,17). The summed E-state index contributed by atoms with van der Waals surface area (Å²) in [5.74, 6) is 0. The number of hydrogen-bond donors (Lipinski definition) is 1. The number of nitrogens with zero attached hydrogens (tertiary/aromatic N) is 1. The predicted molar refractivity (Wildman–Crippen MR) is 64.9 cm³/mol. The highest BCUT2D eigenvalue weighted by atomic mass is 16.4. The van der Waals surface area contributed by atoms with Gasteiger partial charge in [-0.2, -0.15) is 0 Å². The van der Waals surface area contributed by atoms with Gasteiger partial charge in [-0.3, -0.25) is 4.90 Å². The zero-order chi connectivity index (χ0) is 13.1. The highest BCUT2D eigenvalue weighted by molar-refractivity contribution is 5.74. The van der Waals surface area contributed by atoms with Crippen molar-refractivity contribution in [3.8, 4) is 0 Å². The van der Waals surface area contributed by atoms with Crippen molar-refractivity contribution < 1.29 is 14.7 Å². The SMILES string of the molecule is CC(C)(C)N(C(=O)O)C(C=O)c1ccccc1. The van der Waals surface area contributed by atoms with E-state index in [2.05, 4.69) is 0 Å². The molecule has 1 rings (SSSR count). The second-order valence-electron chi connectivity index (χ2n) is 4.82. The van der Waals surface area contributed by atoms with Gasteiger partial charge in [-0.05, 0) is 26.3 Å². The largest absolute Gasteiger partial charge is 0.465 e. The highest BCUT2D eigenvalue weighted by Crippen LogP contribution is 2.26. The number of carbonyl (C=O) groups excluding carboxylic acids is 1. The van der Waals surface area contributed by atoms with Crippen LogP contribution in [0.5, 0.6) is 0 Å². The minimum absolute atomic E-state index is 0.632. The molecule has 0 heterocycles. The molecule has 0 aromatic heterocycles. The number of carboxylic acid groups (broad SMARTS) is 1. The maximum absolute atomic E-state index is 11.3. The van der Waals surface area contributed by atoms with Gasteiger partial charge in [-0.15, -0.1) is 0 Å². The molecule has 1 aromatic carbocycles. The number of benzene rings is 1. The van der Waals surface area contributed by atoms with Gasteiger partial charge < -0.3 is 9.90 Å². The molecule has 0 saturated heterocycles. The number of aldehydes is 1. The van der Waals surface area contributed by atoms with Crippen LogP contribution in [0.2, 0.25) is 0 Å². The summed E-state index contributed by atoms with van der Waals surface area (Å²) in [5.41, 5.74) is 0.0487. The highest BCUT2D eigenvalue weighted by Gasteiger charge is 2.33. The minimum Gasteiger partial charge on any atom is -0.465 e. The van der Waals surface area contributed by atoms with Crippen LogP contribution >= 0.6 is 0 Å². The summed E-state index contributed by atoms with van der Waals surface area (Å²) in [5, 5.41) is 9.24. The third-order valence-electron chi connectivity index (χ3n) is 2.48. The van der Waals surface area contributed by atoms with Gasteiger partial charge in [0.25, 0.3) is 0 Å². The first-order valence-corrected chi connectivity index (χ1v) is 5.40. The monoisotopic (exact) mass is 235 g/mol. The molecule has 0 fully saturated rings. The number of hydrogen-bond acceptors (Lipinski definition) is 2. The van der Waals surface area contributed by atoms with Gasteiger partial charge in [0.15, 0.2) is 0 Å². The Hall–Kier alpha value is -1.84. The average molecular weight is 235 g/mol. The molecule has 1 aromatic rings. The molecule has 17 heavy (non-hydrogen) atoms. The summed E-state index contributed by atoms with van der Waals surface area (Å²) < 4.78 is 0. The molecule has 1 unspecified atom stereocenters. The number of carbonyl (C=O) groups is 2. The van der Waals surface area contributed by atoms with Crippen molar-refractivity contribution in [3.63, 3.8) is 0 Å². The molecule has 0 saturated carbocycles. The number of rotatable bonds is 3. The molecule has 4 nitrogen and oxygen atoms in total. The Morgan fingerprint density at radius 3 is 2.18 bits per heavy atom. The Balaban J connectivity index is 3.16. The van der Waals surface area contributed by atoms with Gasteiger partial charge in [0.05, 0.1) is 0 Å². The Morgan fingerprint density at radius 2 is 1.82 bits per heavy atom. The fourth-order valence-corrected chi connectivity index (χ4v) is 1.76. The minimum atomic E-state index is -1.10. The first-order chi connectivity index (χ1) is 7.88. The molecule has 0 radical (unpaired) electrons. The molecular formula is C13H17NO3. The molecule has 0 aliphatic carbocycles. The third kappa shape index (κ3) is 3.06. The Labute approximate surface area is 101 Å². The molecule has 0 bridgehead atoms. The van der Waals surface area contributed by atoms with E-state index in [-0.39, 0.29) is 0 Å². The van der Waals surface area contributed by atoms with Gasteiger partial charge in [0, 0.05) is 5.54 Å². The lowest BCUT2D eigenvalue weighted by Gasteiger charge is -2.37. The summed E-state index contributed by atoms with van der Waals surface area (Å²) in [7, 11) is 0. The van der Waals surface area contributed by atoms with E-state index in [1.165, 1.54) is 0 Å². The van der Waals surface area contributed by atoms with Crippen LogP contribution in [0.1, 0.15) is 32.4 Å². The fraction of sp³-hybridized carbons (Fsp3) is 0.385. The summed E-state index contributed by atoms with van der Waals surface area (Å²) in [6.45, 7) is 5.29.